The van der Waals surface area contributed by atoms with Gasteiger partial charge >= 0.3 is 12.6 Å². The molecule has 0 saturated heterocycles. The Bertz CT molecular complexity index is 695. The van der Waals surface area contributed by atoms with E-state index in [1.54, 1.807) is 43.3 Å². The number of hydrogen-bond donors (Lipinski definition) is 2. The highest BCUT2D eigenvalue weighted by atomic mass is 19.3. The molecular formula is C17H18F2N2O3. The van der Waals surface area contributed by atoms with E-state index in [4.69, 9.17) is 4.74 Å². The zero-order valence-corrected chi connectivity index (χ0v) is 13.3. The number of benzene rings is 2. The standard InChI is InChI=1S/C17H18F2N2O3/c1-11(12-5-3-8-15(9-12)24-16(18)19)20-17(22)21-13-6-4-7-14(10-13)23-2/h3-11,16H,1-2H3,(H2,20,21,22)/t11-/m0/s1. The van der Waals surface area contributed by atoms with E-state index in [-0.39, 0.29) is 5.75 Å². The van der Waals surface area contributed by atoms with Gasteiger partial charge in [0.2, 0.25) is 0 Å². The van der Waals surface area contributed by atoms with Crippen LogP contribution in [-0.4, -0.2) is 19.8 Å². The molecule has 0 aliphatic rings. The van der Waals surface area contributed by atoms with Crippen LogP contribution < -0.4 is 20.1 Å². The van der Waals surface area contributed by atoms with Crippen LogP contribution in [0.3, 0.4) is 0 Å². The lowest BCUT2D eigenvalue weighted by atomic mass is 10.1. The molecule has 2 aromatic rings. The van der Waals surface area contributed by atoms with E-state index in [1.165, 1.54) is 19.2 Å². The summed E-state index contributed by atoms with van der Waals surface area (Å²) in [5, 5.41) is 5.41. The number of ether oxygens (including phenoxy) is 2. The van der Waals surface area contributed by atoms with Gasteiger partial charge in [0.25, 0.3) is 0 Å². The average Bonchev–Trinajstić information content (AvgIpc) is 2.54. The van der Waals surface area contributed by atoms with Crippen molar-refractivity contribution in [2.75, 3.05) is 12.4 Å². The summed E-state index contributed by atoms with van der Waals surface area (Å²) in [5.74, 6) is 0.669. The number of methoxy groups -OCH3 is 1. The maximum Gasteiger partial charge on any atom is 0.387 e. The van der Waals surface area contributed by atoms with E-state index in [1.807, 2.05) is 0 Å². The van der Waals surface area contributed by atoms with Crippen LogP contribution in [0, 0.1) is 0 Å². The molecule has 2 aromatic carbocycles. The first-order chi connectivity index (χ1) is 11.5. The molecule has 24 heavy (non-hydrogen) atoms. The fraction of sp³-hybridized carbons (Fsp3) is 0.235. The molecule has 0 fully saturated rings. The lowest BCUT2D eigenvalue weighted by Gasteiger charge is -2.16. The van der Waals surface area contributed by atoms with Gasteiger partial charge in [0, 0.05) is 11.8 Å². The molecular weight excluding hydrogens is 318 g/mol. The molecule has 1 atom stereocenters. The number of alkyl halides is 2. The second-order valence-corrected chi connectivity index (χ2v) is 5.00. The predicted octanol–water partition coefficient (Wildman–Crippen LogP) is 4.18. The van der Waals surface area contributed by atoms with Crippen molar-refractivity contribution < 1.29 is 23.0 Å². The van der Waals surface area contributed by atoms with Crippen LogP contribution in [0.2, 0.25) is 0 Å². The molecule has 0 aliphatic heterocycles. The highest BCUT2D eigenvalue weighted by Gasteiger charge is 2.12. The summed E-state index contributed by atoms with van der Waals surface area (Å²) in [7, 11) is 1.54. The van der Waals surface area contributed by atoms with Crippen molar-refractivity contribution in [2.45, 2.75) is 19.6 Å². The Balaban J connectivity index is 1.98. The van der Waals surface area contributed by atoms with Crippen LogP contribution in [0.25, 0.3) is 0 Å². The monoisotopic (exact) mass is 336 g/mol. The highest BCUT2D eigenvalue weighted by molar-refractivity contribution is 5.89. The topological polar surface area (TPSA) is 59.6 Å². The Labute approximate surface area is 138 Å². The molecule has 0 unspecified atom stereocenters. The zero-order valence-electron chi connectivity index (χ0n) is 13.3. The van der Waals surface area contributed by atoms with Crippen molar-refractivity contribution in [3.63, 3.8) is 0 Å². The molecule has 2 amide bonds. The molecule has 0 radical (unpaired) electrons. The molecule has 5 nitrogen and oxygen atoms in total. The maximum atomic E-state index is 12.3. The SMILES string of the molecule is COc1cccc(NC(=O)N[C@@H](C)c2cccc(OC(F)F)c2)c1. The summed E-state index contributed by atoms with van der Waals surface area (Å²) in [6, 6.07) is 12.3. The minimum atomic E-state index is -2.89. The highest BCUT2D eigenvalue weighted by Crippen LogP contribution is 2.21. The lowest BCUT2D eigenvalue weighted by Crippen LogP contribution is -2.31. The molecule has 0 heterocycles. The van der Waals surface area contributed by atoms with Crippen LogP contribution in [0.5, 0.6) is 11.5 Å². The van der Waals surface area contributed by atoms with Crippen LogP contribution >= 0.6 is 0 Å². The Hall–Kier alpha value is -2.83. The van der Waals surface area contributed by atoms with Gasteiger partial charge in [-0.2, -0.15) is 8.78 Å². The van der Waals surface area contributed by atoms with Gasteiger partial charge in [-0.15, -0.1) is 0 Å². The largest absolute Gasteiger partial charge is 0.497 e. The fourth-order valence-corrected chi connectivity index (χ4v) is 2.11. The third-order valence-electron chi connectivity index (χ3n) is 3.26. The van der Waals surface area contributed by atoms with Gasteiger partial charge in [-0.25, -0.2) is 4.79 Å². The van der Waals surface area contributed by atoms with Crippen LogP contribution in [0.15, 0.2) is 48.5 Å². The number of halogens is 2. The summed E-state index contributed by atoms with van der Waals surface area (Å²) in [4.78, 5) is 12.0. The molecule has 0 saturated carbocycles. The molecule has 2 rings (SSSR count). The Morgan fingerprint density at radius 1 is 1.08 bits per heavy atom. The third kappa shape index (κ3) is 5.12. The first kappa shape index (κ1) is 17.5. The number of amides is 2. The van der Waals surface area contributed by atoms with E-state index >= 15 is 0 Å². The molecule has 0 aromatic heterocycles. The number of anilines is 1. The number of urea groups is 1. The normalized spacial score (nSPS) is 11.7. The van der Waals surface area contributed by atoms with E-state index in [0.717, 1.165) is 0 Å². The van der Waals surface area contributed by atoms with Gasteiger partial charge in [-0.05, 0) is 36.8 Å². The van der Waals surface area contributed by atoms with E-state index in [2.05, 4.69) is 15.4 Å². The second kappa shape index (κ2) is 8.14. The van der Waals surface area contributed by atoms with Crippen molar-refractivity contribution in [2.24, 2.45) is 0 Å². The lowest BCUT2D eigenvalue weighted by molar-refractivity contribution is -0.0499. The third-order valence-corrected chi connectivity index (χ3v) is 3.26. The summed E-state index contributed by atoms with van der Waals surface area (Å²) >= 11 is 0. The number of carbonyl (C=O) groups excluding carboxylic acids is 1. The quantitative estimate of drug-likeness (QED) is 0.832. The summed E-state index contributed by atoms with van der Waals surface area (Å²) < 4.78 is 34.0. The molecule has 0 bridgehead atoms. The summed E-state index contributed by atoms with van der Waals surface area (Å²) in [6.07, 6.45) is 0. The molecule has 7 heteroatoms. The summed E-state index contributed by atoms with van der Waals surface area (Å²) in [5.41, 5.74) is 1.22. The van der Waals surface area contributed by atoms with Crippen molar-refractivity contribution in [1.82, 2.24) is 5.32 Å². The maximum absolute atomic E-state index is 12.3. The van der Waals surface area contributed by atoms with E-state index in [0.29, 0.717) is 17.0 Å². The van der Waals surface area contributed by atoms with E-state index in [9.17, 15) is 13.6 Å². The van der Waals surface area contributed by atoms with E-state index < -0.39 is 18.7 Å². The van der Waals surface area contributed by atoms with Gasteiger partial charge in [-0.1, -0.05) is 18.2 Å². The minimum absolute atomic E-state index is 0.0457. The Morgan fingerprint density at radius 2 is 1.79 bits per heavy atom. The molecule has 0 aliphatic carbocycles. The van der Waals surface area contributed by atoms with Crippen LogP contribution in [0.1, 0.15) is 18.5 Å². The van der Waals surface area contributed by atoms with Gasteiger partial charge in [-0.3, -0.25) is 0 Å². The summed E-state index contributed by atoms with van der Waals surface area (Å²) in [6.45, 7) is -1.15. The van der Waals surface area contributed by atoms with Crippen molar-refractivity contribution in [1.29, 1.82) is 0 Å². The van der Waals surface area contributed by atoms with Crippen molar-refractivity contribution in [3.8, 4) is 11.5 Å². The van der Waals surface area contributed by atoms with Gasteiger partial charge < -0.3 is 20.1 Å². The first-order valence-electron chi connectivity index (χ1n) is 7.24. The number of rotatable bonds is 6. The molecule has 2 N–H and O–H groups in total. The van der Waals surface area contributed by atoms with Crippen molar-refractivity contribution >= 4 is 11.7 Å². The van der Waals surface area contributed by atoms with Gasteiger partial charge in [0.15, 0.2) is 0 Å². The van der Waals surface area contributed by atoms with Crippen LogP contribution in [0.4, 0.5) is 19.3 Å². The minimum Gasteiger partial charge on any atom is -0.497 e. The second-order valence-electron chi connectivity index (χ2n) is 5.00. The number of hydrogen-bond acceptors (Lipinski definition) is 3. The first-order valence-corrected chi connectivity index (χ1v) is 7.24. The predicted molar refractivity (Wildman–Crippen MR) is 86.6 cm³/mol. The Kier molecular flexibility index (Phi) is 5.95. The van der Waals surface area contributed by atoms with Gasteiger partial charge in [0.05, 0.1) is 13.2 Å². The number of nitrogens with one attached hydrogen (secondary N) is 2. The zero-order chi connectivity index (χ0) is 17.5. The smallest absolute Gasteiger partial charge is 0.387 e. The molecule has 0 spiro atoms. The molecule has 128 valence electrons. The van der Waals surface area contributed by atoms with Crippen LogP contribution in [-0.2, 0) is 0 Å². The average molecular weight is 336 g/mol. The number of carbonyl (C=O) groups is 1. The Morgan fingerprint density at radius 3 is 2.50 bits per heavy atom. The van der Waals surface area contributed by atoms with Gasteiger partial charge in [0.1, 0.15) is 11.5 Å². The van der Waals surface area contributed by atoms with Crippen molar-refractivity contribution in [3.05, 3.63) is 54.1 Å². The fourth-order valence-electron chi connectivity index (χ4n) is 2.11.